The van der Waals surface area contributed by atoms with Gasteiger partial charge in [-0.05, 0) is 37.9 Å². The van der Waals surface area contributed by atoms with E-state index in [9.17, 15) is 0 Å². The van der Waals surface area contributed by atoms with Gasteiger partial charge in [0.25, 0.3) is 0 Å². The standard InChI is InChI=1S/C16H28N2O/c1-4-13-9-10-16(19-13)15(11-17)18(3)14-8-6-5-7-12(14)2/h9-10,12,14-15H,4-8,11,17H2,1-3H3. The zero-order valence-electron chi connectivity index (χ0n) is 12.6. The Kier molecular flexibility index (Phi) is 5.06. The number of likely N-dealkylation sites (N-methyl/N-ethyl adjacent to an activating group) is 1. The molecule has 2 N–H and O–H groups in total. The van der Waals surface area contributed by atoms with Crippen LogP contribution >= 0.6 is 0 Å². The van der Waals surface area contributed by atoms with Crippen LogP contribution in [-0.2, 0) is 6.42 Å². The van der Waals surface area contributed by atoms with Crippen molar-refractivity contribution in [2.75, 3.05) is 13.6 Å². The van der Waals surface area contributed by atoms with Crippen molar-refractivity contribution in [2.24, 2.45) is 11.7 Å². The lowest BCUT2D eigenvalue weighted by Crippen LogP contribution is -2.43. The zero-order chi connectivity index (χ0) is 13.8. The molecule has 1 heterocycles. The Balaban J connectivity index is 2.11. The highest BCUT2D eigenvalue weighted by molar-refractivity contribution is 5.12. The van der Waals surface area contributed by atoms with Crippen molar-refractivity contribution in [3.05, 3.63) is 23.7 Å². The first-order chi connectivity index (χ1) is 9.17. The average molecular weight is 264 g/mol. The highest BCUT2D eigenvalue weighted by atomic mass is 16.3. The summed E-state index contributed by atoms with van der Waals surface area (Å²) in [5.41, 5.74) is 6.01. The van der Waals surface area contributed by atoms with Crippen LogP contribution in [0.1, 0.15) is 57.1 Å². The maximum Gasteiger partial charge on any atom is 0.122 e. The van der Waals surface area contributed by atoms with Gasteiger partial charge < -0.3 is 10.2 Å². The molecule has 1 aromatic heterocycles. The Morgan fingerprint density at radius 3 is 2.68 bits per heavy atom. The minimum Gasteiger partial charge on any atom is -0.464 e. The van der Waals surface area contributed by atoms with Crippen LogP contribution < -0.4 is 5.73 Å². The van der Waals surface area contributed by atoms with Gasteiger partial charge in [0.2, 0.25) is 0 Å². The Labute approximate surface area is 117 Å². The van der Waals surface area contributed by atoms with Gasteiger partial charge in [0.15, 0.2) is 0 Å². The van der Waals surface area contributed by atoms with Crippen molar-refractivity contribution in [3.8, 4) is 0 Å². The van der Waals surface area contributed by atoms with Crippen molar-refractivity contribution in [3.63, 3.8) is 0 Å². The van der Waals surface area contributed by atoms with E-state index in [1.807, 2.05) is 0 Å². The third-order valence-corrected chi connectivity index (χ3v) is 4.66. The fourth-order valence-corrected chi connectivity index (χ4v) is 3.38. The van der Waals surface area contributed by atoms with E-state index in [0.29, 0.717) is 12.6 Å². The molecule has 0 saturated heterocycles. The van der Waals surface area contributed by atoms with Gasteiger partial charge in [-0.1, -0.05) is 26.7 Å². The highest BCUT2D eigenvalue weighted by Gasteiger charge is 2.30. The van der Waals surface area contributed by atoms with E-state index in [1.165, 1.54) is 25.7 Å². The van der Waals surface area contributed by atoms with E-state index < -0.39 is 0 Å². The molecular weight excluding hydrogens is 236 g/mol. The van der Waals surface area contributed by atoms with Crippen LogP contribution in [0.3, 0.4) is 0 Å². The quantitative estimate of drug-likeness (QED) is 0.886. The third-order valence-electron chi connectivity index (χ3n) is 4.66. The first-order valence-electron chi connectivity index (χ1n) is 7.68. The maximum atomic E-state index is 6.01. The van der Waals surface area contributed by atoms with E-state index in [2.05, 4.69) is 37.9 Å². The summed E-state index contributed by atoms with van der Waals surface area (Å²) in [5.74, 6) is 2.84. The van der Waals surface area contributed by atoms with Crippen molar-refractivity contribution in [1.82, 2.24) is 4.90 Å². The average Bonchev–Trinajstić information content (AvgIpc) is 2.88. The molecule has 1 saturated carbocycles. The Hall–Kier alpha value is -0.800. The summed E-state index contributed by atoms with van der Waals surface area (Å²) in [5, 5.41) is 0. The summed E-state index contributed by atoms with van der Waals surface area (Å²) in [6.45, 7) is 5.11. The summed E-state index contributed by atoms with van der Waals surface area (Å²) < 4.78 is 5.91. The van der Waals surface area contributed by atoms with Crippen LogP contribution in [0.4, 0.5) is 0 Å². The fourth-order valence-electron chi connectivity index (χ4n) is 3.38. The number of hydrogen-bond acceptors (Lipinski definition) is 3. The Morgan fingerprint density at radius 1 is 1.37 bits per heavy atom. The molecule has 0 amide bonds. The third kappa shape index (κ3) is 3.21. The Bertz CT molecular complexity index is 388. The number of nitrogens with two attached hydrogens (primary N) is 1. The van der Waals surface area contributed by atoms with E-state index in [1.54, 1.807) is 0 Å². The smallest absolute Gasteiger partial charge is 0.122 e. The minimum atomic E-state index is 0.214. The number of nitrogens with zero attached hydrogens (tertiary/aromatic N) is 1. The van der Waals surface area contributed by atoms with Crippen LogP contribution in [0, 0.1) is 5.92 Å². The van der Waals surface area contributed by atoms with Gasteiger partial charge in [0, 0.05) is 19.0 Å². The minimum absolute atomic E-state index is 0.214. The molecule has 108 valence electrons. The summed E-state index contributed by atoms with van der Waals surface area (Å²) in [6.07, 6.45) is 6.29. The van der Waals surface area contributed by atoms with Crippen LogP contribution in [-0.4, -0.2) is 24.5 Å². The van der Waals surface area contributed by atoms with Gasteiger partial charge in [-0.15, -0.1) is 0 Å². The second kappa shape index (κ2) is 6.58. The largest absolute Gasteiger partial charge is 0.464 e. The van der Waals surface area contributed by atoms with Crippen molar-refractivity contribution in [1.29, 1.82) is 0 Å². The summed E-state index contributed by atoms with van der Waals surface area (Å²) in [4.78, 5) is 2.45. The van der Waals surface area contributed by atoms with Gasteiger partial charge in [-0.3, -0.25) is 4.90 Å². The lowest BCUT2D eigenvalue weighted by Gasteiger charge is -2.39. The Morgan fingerprint density at radius 2 is 2.11 bits per heavy atom. The number of aryl methyl sites for hydroxylation is 1. The van der Waals surface area contributed by atoms with Crippen LogP contribution in [0.25, 0.3) is 0 Å². The van der Waals surface area contributed by atoms with E-state index in [-0.39, 0.29) is 6.04 Å². The predicted octanol–water partition coefficient (Wildman–Crippen LogP) is 3.35. The monoisotopic (exact) mass is 264 g/mol. The first kappa shape index (κ1) is 14.6. The van der Waals surface area contributed by atoms with Crippen molar-refractivity contribution in [2.45, 2.75) is 58.0 Å². The molecule has 3 nitrogen and oxygen atoms in total. The van der Waals surface area contributed by atoms with Gasteiger partial charge in [0.1, 0.15) is 11.5 Å². The zero-order valence-corrected chi connectivity index (χ0v) is 12.6. The first-order valence-corrected chi connectivity index (χ1v) is 7.68. The molecule has 1 aliphatic rings. The fraction of sp³-hybridized carbons (Fsp3) is 0.750. The number of rotatable bonds is 5. The molecule has 2 rings (SSSR count). The van der Waals surface area contributed by atoms with Gasteiger partial charge in [0.05, 0.1) is 6.04 Å². The number of furan rings is 1. The lowest BCUT2D eigenvalue weighted by atomic mass is 9.84. The van der Waals surface area contributed by atoms with Crippen LogP contribution in [0.15, 0.2) is 16.5 Å². The molecule has 1 fully saturated rings. The van der Waals surface area contributed by atoms with Crippen LogP contribution in [0.5, 0.6) is 0 Å². The molecule has 19 heavy (non-hydrogen) atoms. The van der Waals surface area contributed by atoms with E-state index in [4.69, 9.17) is 10.2 Å². The molecule has 0 bridgehead atoms. The van der Waals surface area contributed by atoms with Crippen LogP contribution in [0.2, 0.25) is 0 Å². The number of hydrogen-bond donors (Lipinski definition) is 1. The van der Waals surface area contributed by atoms with E-state index in [0.717, 1.165) is 23.9 Å². The van der Waals surface area contributed by atoms with Crippen molar-refractivity contribution >= 4 is 0 Å². The topological polar surface area (TPSA) is 42.4 Å². The second-order valence-electron chi connectivity index (χ2n) is 5.90. The molecule has 0 aliphatic heterocycles. The lowest BCUT2D eigenvalue weighted by molar-refractivity contribution is 0.0885. The molecule has 0 spiro atoms. The molecule has 3 unspecified atom stereocenters. The maximum absolute atomic E-state index is 6.01. The summed E-state index contributed by atoms with van der Waals surface area (Å²) >= 11 is 0. The predicted molar refractivity (Wildman–Crippen MR) is 79.1 cm³/mol. The highest BCUT2D eigenvalue weighted by Crippen LogP contribution is 2.32. The molecule has 1 aliphatic carbocycles. The van der Waals surface area contributed by atoms with Gasteiger partial charge >= 0.3 is 0 Å². The molecule has 0 radical (unpaired) electrons. The van der Waals surface area contributed by atoms with E-state index >= 15 is 0 Å². The molecular formula is C16H28N2O. The van der Waals surface area contributed by atoms with Gasteiger partial charge in [-0.2, -0.15) is 0 Å². The summed E-state index contributed by atoms with van der Waals surface area (Å²) in [7, 11) is 2.21. The summed E-state index contributed by atoms with van der Waals surface area (Å²) in [6, 6.07) is 5.03. The molecule has 3 heteroatoms. The SMILES string of the molecule is CCc1ccc(C(CN)N(C)C2CCCCC2C)o1. The molecule has 1 aromatic rings. The normalized spacial score (nSPS) is 25.7. The van der Waals surface area contributed by atoms with Gasteiger partial charge in [-0.25, -0.2) is 0 Å². The second-order valence-corrected chi connectivity index (χ2v) is 5.90. The van der Waals surface area contributed by atoms with Crippen molar-refractivity contribution < 1.29 is 4.42 Å². The molecule has 0 aromatic carbocycles. The molecule has 3 atom stereocenters.